The number of ether oxygens (including phenoxy) is 2. The van der Waals surface area contributed by atoms with Crippen LogP contribution in [0, 0.1) is 0 Å². The van der Waals surface area contributed by atoms with Crippen LogP contribution < -0.4 is 31.2 Å². The van der Waals surface area contributed by atoms with E-state index >= 15 is 0 Å². The van der Waals surface area contributed by atoms with Crippen molar-refractivity contribution in [2.75, 3.05) is 29.5 Å². The summed E-state index contributed by atoms with van der Waals surface area (Å²) in [7, 11) is 0. The van der Waals surface area contributed by atoms with Gasteiger partial charge in [0.05, 0.1) is 46.1 Å². The highest BCUT2D eigenvalue weighted by atomic mass is 35.5. The molecule has 1 saturated heterocycles. The molecule has 40 heavy (non-hydrogen) atoms. The van der Waals surface area contributed by atoms with E-state index < -0.39 is 0 Å². The molecule has 10 heteroatoms. The van der Waals surface area contributed by atoms with Gasteiger partial charge in [0.15, 0.2) is 0 Å². The van der Waals surface area contributed by atoms with Crippen LogP contribution in [0.5, 0.6) is 11.5 Å². The van der Waals surface area contributed by atoms with Gasteiger partial charge in [0.2, 0.25) is 5.91 Å². The number of benzene rings is 2. The summed E-state index contributed by atoms with van der Waals surface area (Å²) < 4.78 is 11.7. The molecule has 1 fully saturated rings. The van der Waals surface area contributed by atoms with Gasteiger partial charge in [0, 0.05) is 35.5 Å². The Labute approximate surface area is 237 Å². The molecule has 1 amide bonds. The Morgan fingerprint density at radius 3 is 2.83 bits per heavy atom. The van der Waals surface area contributed by atoms with Crippen molar-refractivity contribution in [2.45, 2.75) is 32.4 Å². The molecule has 9 nitrogen and oxygen atoms in total. The molecule has 0 aliphatic carbocycles. The molecule has 0 saturated carbocycles. The molecule has 1 aliphatic heterocycles. The van der Waals surface area contributed by atoms with E-state index in [1.807, 2.05) is 43.3 Å². The molecule has 1 atom stereocenters. The molecule has 0 bridgehead atoms. The first-order valence-corrected chi connectivity index (χ1v) is 13.5. The summed E-state index contributed by atoms with van der Waals surface area (Å²) >= 11 is 6.53. The van der Waals surface area contributed by atoms with Gasteiger partial charge in [-0.3, -0.25) is 14.8 Å². The number of hydrogen-bond donors (Lipinski definition) is 4. The molecule has 0 radical (unpaired) electrons. The summed E-state index contributed by atoms with van der Waals surface area (Å²) in [6.07, 6.45) is 8.87. The summed E-state index contributed by atoms with van der Waals surface area (Å²) in [5.41, 5.74) is 10.1. The predicted molar refractivity (Wildman–Crippen MR) is 159 cm³/mol. The lowest BCUT2D eigenvalue weighted by Crippen LogP contribution is -2.19. The van der Waals surface area contributed by atoms with Crippen LogP contribution in [0.25, 0.3) is 10.9 Å². The Morgan fingerprint density at radius 1 is 1.18 bits per heavy atom. The van der Waals surface area contributed by atoms with Crippen molar-refractivity contribution < 1.29 is 14.3 Å². The molecule has 0 unspecified atom stereocenters. The number of pyridine rings is 2. The summed E-state index contributed by atoms with van der Waals surface area (Å²) in [5, 5.41) is 10.8. The predicted octanol–water partition coefficient (Wildman–Crippen LogP) is 5.83. The van der Waals surface area contributed by atoms with Gasteiger partial charge in [0.1, 0.15) is 18.1 Å². The average molecular weight is 559 g/mol. The topological polar surface area (TPSA) is 123 Å². The Bertz CT molecular complexity index is 1520. The van der Waals surface area contributed by atoms with E-state index in [9.17, 15) is 4.79 Å². The molecular weight excluding hydrogens is 528 g/mol. The maximum Gasteiger partial charge on any atom is 0.248 e. The lowest BCUT2D eigenvalue weighted by atomic mass is 10.1. The number of fused-ring (bicyclic) bond motifs is 1. The van der Waals surface area contributed by atoms with E-state index in [1.54, 1.807) is 36.7 Å². The van der Waals surface area contributed by atoms with E-state index in [0.717, 1.165) is 25.1 Å². The SMILES string of the molecule is CCOc1cc2ncc(N)c(Nc3ccc(OCc4ccccn4)c(Cl)c3)c2cc1NC(=O)/C=C/[C@@H]1CCCN1. The first kappa shape index (κ1) is 27.2. The molecule has 206 valence electrons. The molecule has 1 aliphatic rings. The number of aromatic nitrogens is 2. The largest absolute Gasteiger partial charge is 0.492 e. The molecular formula is C30H31ClN6O3. The fraction of sp³-hybridized carbons (Fsp3) is 0.233. The second kappa shape index (κ2) is 12.7. The zero-order valence-corrected chi connectivity index (χ0v) is 22.9. The number of rotatable bonds is 10. The van der Waals surface area contributed by atoms with Crippen molar-refractivity contribution in [2.24, 2.45) is 0 Å². The third-order valence-corrected chi connectivity index (χ3v) is 6.73. The lowest BCUT2D eigenvalue weighted by molar-refractivity contribution is -0.111. The van der Waals surface area contributed by atoms with Crippen molar-refractivity contribution in [1.29, 1.82) is 0 Å². The highest BCUT2D eigenvalue weighted by molar-refractivity contribution is 6.32. The number of nitrogens with zero attached hydrogens (tertiary/aromatic N) is 2. The van der Waals surface area contributed by atoms with Crippen LogP contribution in [0.2, 0.25) is 5.02 Å². The molecule has 2 aromatic carbocycles. The highest BCUT2D eigenvalue weighted by Crippen LogP contribution is 2.38. The third-order valence-electron chi connectivity index (χ3n) is 6.44. The standard InChI is InChI=1S/C30H31ClN6O3/c1-2-39-28-16-25-22(15-26(28)37-29(38)11-9-19-7-5-13-33-19)30(24(32)17-35-25)36-20-8-10-27(23(31)14-20)40-18-21-6-3-4-12-34-21/h3-4,6,8-12,14-17,19,33H,2,5,7,13,18,32H2,1H3,(H,35,36)(H,37,38)/b11-9+/t19-/m0/s1. The Balaban J connectivity index is 1.39. The van der Waals surface area contributed by atoms with Crippen molar-refractivity contribution in [3.63, 3.8) is 0 Å². The highest BCUT2D eigenvalue weighted by Gasteiger charge is 2.16. The van der Waals surface area contributed by atoms with Gasteiger partial charge >= 0.3 is 0 Å². The van der Waals surface area contributed by atoms with Gasteiger partial charge in [-0.1, -0.05) is 23.7 Å². The van der Waals surface area contributed by atoms with Crippen LogP contribution in [-0.4, -0.2) is 35.1 Å². The number of nitrogens with two attached hydrogens (primary N) is 1. The normalized spacial score (nSPS) is 14.9. The van der Waals surface area contributed by atoms with E-state index in [0.29, 0.717) is 63.4 Å². The van der Waals surface area contributed by atoms with Gasteiger partial charge in [-0.2, -0.15) is 0 Å². The molecule has 2 aromatic heterocycles. The Hall–Kier alpha value is -4.34. The Morgan fingerprint density at radius 2 is 2.08 bits per heavy atom. The summed E-state index contributed by atoms with van der Waals surface area (Å²) in [6.45, 7) is 3.59. The number of nitrogens with one attached hydrogen (secondary N) is 3. The molecule has 4 aromatic rings. The van der Waals surface area contributed by atoms with Crippen molar-refractivity contribution in [3.8, 4) is 11.5 Å². The molecule has 3 heterocycles. The number of nitrogen functional groups attached to an aromatic ring is 1. The number of amides is 1. The van der Waals surface area contributed by atoms with Crippen molar-refractivity contribution in [3.05, 3.63) is 83.8 Å². The van der Waals surface area contributed by atoms with Gasteiger partial charge in [0.25, 0.3) is 0 Å². The fourth-order valence-corrected chi connectivity index (χ4v) is 4.71. The van der Waals surface area contributed by atoms with Crippen molar-refractivity contribution in [1.82, 2.24) is 15.3 Å². The van der Waals surface area contributed by atoms with Gasteiger partial charge < -0.3 is 31.2 Å². The first-order valence-electron chi connectivity index (χ1n) is 13.2. The zero-order chi connectivity index (χ0) is 27.9. The minimum absolute atomic E-state index is 0.215. The van der Waals surface area contributed by atoms with E-state index in [-0.39, 0.29) is 11.9 Å². The number of halogens is 1. The maximum atomic E-state index is 12.8. The average Bonchev–Trinajstić information content (AvgIpc) is 3.48. The van der Waals surface area contributed by atoms with E-state index in [1.165, 1.54) is 0 Å². The smallest absolute Gasteiger partial charge is 0.248 e. The van der Waals surface area contributed by atoms with Crippen LogP contribution in [0.4, 0.5) is 22.7 Å². The van der Waals surface area contributed by atoms with Crippen molar-refractivity contribution >= 4 is 51.2 Å². The molecule has 5 N–H and O–H groups in total. The van der Waals surface area contributed by atoms with Crippen LogP contribution in [-0.2, 0) is 11.4 Å². The second-order valence-corrected chi connectivity index (χ2v) is 9.73. The van der Waals surface area contributed by atoms with Gasteiger partial charge in [-0.15, -0.1) is 0 Å². The van der Waals surface area contributed by atoms with E-state index in [2.05, 4.69) is 25.9 Å². The molecule has 5 rings (SSSR count). The summed E-state index contributed by atoms with van der Waals surface area (Å²) in [4.78, 5) is 21.5. The van der Waals surface area contributed by atoms with Gasteiger partial charge in [-0.25, -0.2) is 0 Å². The third kappa shape index (κ3) is 6.62. The molecule has 0 spiro atoms. The Kier molecular flexibility index (Phi) is 8.63. The summed E-state index contributed by atoms with van der Waals surface area (Å²) in [5.74, 6) is 0.822. The summed E-state index contributed by atoms with van der Waals surface area (Å²) in [6, 6.07) is 14.9. The minimum atomic E-state index is -0.242. The number of carbonyl (C=O) groups is 1. The lowest BCUT2D eigenvalue weighted by Gasteiger charge is -2.17. The fourth-order valence-electron chi connectivity index (χ4n) is 4.48. The first-order chi connectivity index (χ1) is 19.5. The maximum absolute atomic E-state index is 12.8. The van der Waals surface area contributed by atoms with Crippen LogP contribution in [0.15, 0.2) is 73.1 Å². The van der Waals surface area contributed by atoms with Crippen LogP contribution in [0.1, 0.15) is 25.5 Å². The number of anilines is 4. The number of hydrogen-bond acceptors (Lipinski definition) is 8. The quantitative estimate of drug-likeness (QED) is 0.179. The number of carbonyl (C=O) groups excluding carboxylic acids is 1. The van der Waals surface area contributed by atoms with Gasteiger partial charge in [-0.05, 0) is 62.7 Å². The minimum Gasteiger partial charge on any atom is -0.492 e. The van der Waals surface area contributed by atoms with Crippen LogP contribution in [0.3, 0.4) is 0 Å². The monoisotopic (exact) mass is 558 g/mol. The van der Waals surface area contributed by atoms with E-state index in [4.69, 9.17) is 26.8 Å². The zero-order valence-electron chi connectivity index (χ0n) is 22.1. The second-order valence-electron chi connectivity index (χ2n) is 9.32. The van der Waals surface area contributed by atoms with Crippen LogP contribution >= 0.6 is 11.6 Å².